The number of ether oxygens (including phenoxy) is 1. The zero-order valence-corrected chi connectivity index (χ0v) is 21.1. The fraction of sp³-hybridized carbons (Fsp3) is 0.462. The number of nitrogens with one attached hydrogen (secondary N) is 1. The molecule has 1 aromatic heterocycles. The highest BCUT2D eigenvalue weighted by molar-refractivity contribution is 6.04. The van der Waals surface area contributed by atoms with E-state index in [4.69, 9.17) is 10.1 Å². The van der Waals surface area contributed by atoms with E-state index >= 15 is 0 Å². The summed E-state index contributed by atoms with van der Waals surface area (Å²) in [6.07, 6.45) is 0. The number of anilines is 1. The van der Waals surface area contributed by atoms with Crippen molar-refractivity contribution in [1.82, 2.24) is 9.88 Å². The average molecular weight is 467 g/mol. The molecule has 3 rings (SSSR count). The van der Waals surface area contributed by atoms with E-state index < -0.39 is 5.97 Å². The number of hydrogen-bond acceptors (Lipinski definition) is 6. The van der Waals surface area contributed by atoms with Gasteiger partial charge in [0.05, 0.1) is 18.8 Å². The second-order valence-electron chi connectivity index (χ2n) is 9.77. The van der Waals surface area contributed by atoms with Crippen LogP contribution in [0.2, 0.25) is 0 Å². The highest BCUT2D eigenvalue weighted by atomic mass is 16.5. The van der Waals surface area contributed by atoms with Gasteiger partial charge >= 0.3 is 5.97 Å². The number of carboxylic acids is 1. The lowest BCUT2D eigenvalue weighted by Gasteiger charge is -2.28. The van der Waals surface area contributed by atoms with E-state index in [9.17, 15) is 14.7 Å². The molecule has 1 aromatic carbocycles. The lowest BCUT2D eigenvalue weighted by Crippen LogP contribution is -2.31. The number of benzene rings is 1. The Morgan fingerprint density at radius 3 is 2.53 bits per heavy atom. The maximum Gasteiger partial charge on any atom is 0.323 e. The number of likely N-dealkylation sites (N-methyl/N-ethyl adjacent to an activating group) is 1. The van der Waals surface area contributed by atoms with E-state index in [-0.39, 0.29) is 30.1 Å². The van der Waals surface area contributed by atoms with Crippen LogP contribution in [0.4, 0.5) is 5.69 Å². The molecule has 0 bridgehead atoms. The third-order valence-corrected chi connectivity index (χ3v) is 6.11. The van der Waals surface area contributed by atoms with Gasteiger partial charge in [-0.3, -0.25) is 15.0 Å². The van der Waals surface area contributed by atoms with Crippen LogP contribution in [0.15, 0.2) is 18.2 Å². The minimum Gasteiger partial charge on any atom is -0.492 e. The first-order valence-corrected chi connectivity index (χ1v) is 11.4. The molecular formula is C26H34N4O4. The summed E-state index contributed by atoms with van der Waals surface area (Å²) in [5, 5.41) is 17.8. The number of aryl methyl sites for hydroxylation is 1. The highest BCUT2D eigenvalue weighted by Crippen LogP contribution is 2.34. The number of carbonyl (C=O) groups is 2. The van der Waals surface area contributed by atoms with Gasteiger partial charge in [-0.15, -0.1) is 0 Å². The average Bonchev–Trinajstić information content (AvgIpc) is 3.05. The van der Waals surface area contributed by atoms with Crippen LogP contribution < -0.4 is 9.64 Å². The Morgan fingerprint density at radius 2 is 1.94 bits per heavy atom. The van der Waals surface area contributed by atoms with Gasteiger partial charge in [0.25, 0.3) is 0 Å². The molecule has 0 aliphatic carbocycles. The molecule has 0 saturated heterocycles. The molecule has 0 amide bonds. The summed E-state index contributed by atoms with van der Waals surface area (Å²) in [5.41, 5.74) is 5.17. The van der Waals surface area contributed by atoms with E-state index in [1.165, 1.54) is 0 Å². The summed E-state index contributed by atoms with van der Waals surface area (Å²) < 4.78 is 5.75. The SMILES string of the molecule is CCOc1c(C)nc2c(c1C)CN(CC(=O)c1ccc(N(C)CC(=O)O)c(C(C)(C)C)c1)C2=N. The van der Waals surface area contributed by atoms with Gasteiger partial charge in [-0.25, -0.2) is 4.98 Å². The first kappa shape index (κ1) is 25.2. The molecule has 0 spiro atoms. The molecule has 0 atom stereocenters. The van der Waals surface area contributed by atoms with Gasteiger partial charge in [0.2, 0.25) is 0 Å². The summed E-state index contributed by atoms with van der Waals surface area (Å²) in [4.78, 5) is 32.5. The van der Waals surface area contributed by atoms with Crippen molar-refractivity contribution in [3.8, 4) is 5.75 Å². The van der Waals surface area contributed by atoms with Crippen LogP contribution >= 0.6 is 0 Å². The second-order valence-corrected chi connectivity index (χ2v) is 9.77. The number of pyridine rings is 1. The number of amidine groups is 1. The fourth-order valence-electron chi connectivity index (χ4n) is 4.37. The number of nitrogens with zero attached hydrogens (tertiary/aromatic N) is 3. The molecule has 0 saturated carbocycles. The monoisotopic (exact) mass is 466 g/mol. The molecule has 1 aliphatic rings. The van der Waals surface area contributed by atoms with Crippen LogP contribution in [0.1, 0.15) is 66.1 Å². The zero-order valence-electron chi connectivity index (χ0n) is 21.1. The molecule has 0 fully saturated rings. The predicted octanol–water partition coefficient (Wildman–Crippen LogP) is 3.94. The highest BCUT2D eigenvalue weighted by Gasteiger charge is 2.31. The molecule has 2 heterocycles. The Hall–Kier alpha value is -3.42. The molecule has 0 radical (unpaired) electrons. The van der Waals surface area contributed by atoms with Crippen LogP contribution in [-0.2, 0) is 16.8 Å². The summed E-state index contributed by atoms with van der Waals surface area (Å²) in [7, 11) is 1.73. The number of aliphatic carboxylic acids is 1. The van der Waals surface area contributed by atoms with Crippen molar-refractivity contribution in [2.75, 3.05) is 31.6 Å². The normalized spacial score (nSPS) is 13.1. The largest absolute Gasteiger partial charge is 0.492 e. The lowest BCUT2D eigenvalue weighted by molar-refractivity contribution is -0.135. The molecule has 182 valence electrons. The molecular weight excluding hydrogens is 432 g/mol. The minimum absolute atomic E-state index is 0.0611. The van der Waals surface area contributed by atoms with Crippen LogP contribution in [0, 0.1) is 19.3 Å². The van der Waals surface area contributed by atoms with E-state index in [0.29, 0.717) is 24.4 Å². The third-order valence-electron chi connectivity index (χ3n) is 6.11. The lowest BCUT2D eigenvalue weighted by atomic mass is 9.84. The fourth-order valence-corrected chi connectivity index (χ4v) is 4.37. The number of ketones is 1. The predicted molar refractivity (Wildman–Crippen MR) is 132 cm³/mol. The zero-order chi connectivity index (χ0) is 25.4. The molecule has 8 nitrogen and oxygen atoms in total. The quantitative estimate of drug-likeness (QED) is 0.568. The van der Waals surface area contributed by atoms with Gasteiger partial charge in [-0.05, 0) is 49.9 Å². The number of Topliss-reactive ketones (excluding diaryl/α,β-unsaturated/α-hetero) is 1. The maximum absolute atomic E-state index is 13.3. The van der Waals surface area contributed by atoms with Gasteiger partial charge in [-0.2, -0.15) is 0 Å². The number of rotatable bonds is 8. The Bertz CT molecular complexity index is 1150. The molecule has 2 aromatic rings. The molecule has 2 N–H and O–H groups in total. The minimum atomic E-state index is -0.916. The Kier molecular flexibility index (Phi) is 7.00. The summed E-state index contributed by atoms with van der Waals surface area (Å²) >= 11 is 0. The Balaban J connectivity index is 1.87. The number of hydrogen-bond donors (Lipinski definition) is 2. The topological polar surface area (TPSA) is 107 Å². The summed E-state index contributed by atoms with van der Waals surface area (Å²) in [6.45, 7) is 12.8. The molecule has 1 aliphatic heterocycles. The van der Waals surface area contributed by atoms with Crippen LogP contribution in [-0.4, -0.2) is 59.3 Å². The van der Waals surface area contributed by atoms with Crippen molar-refractivity contribution in [3.63, 3.8) is 0 Å². The Morgan fingerprint density at radius 1 is 1.26 bits per heavy atom. The van der Waals surface area contributed by atoms with E-state index in [2.05, 4.69) is 4.98 Å². The van der Waals surface area contributed by atoms with Gasteiger partial charge in [0.15, 0.2) is 5.78 Å². The third kappa shape index (κ3) is 4.90. The van der Waals surface area contributed by atoms with Crippen molar-refractivity contribution >= 4 is 23.3 Å². The van der Waals surface area contributed by atoms with Crippen molar-refractivity contribution < 1.29 is 19.4 Å². The number of fused-ring (bicyclic) bond motifs is 1. The second kappa shape index (κ2) is 9.44. The maximum atomic E-state index is 13.3. The number of aromatic nitrogens is 1. The van der Waals surface area contributed by atoms with Gasteiger partial charge in [-0.1, -0.05) is 20.8 Å². The summed E-state index contributed by atoms with van der Waals surface area (Å²) in [5.74, 6) is -0.0271. The van der Waals surface area contributed by atoms with Gasteiger partial charge < -0.3 is 19.6 Å². The van der Waals surface area contributed by atoms with Crippen molar-refractivity contribution in [1.29, 1.82) is 5.41 Å². The Labute approximate surface area is 201 Å². The van der Waals surface area contributed by atoms with E-state index in [0.717, 1.165) is 33.8 Å². The van der Waals surface area contributed by atoms with Crippen LogP contribution in [0.3, 0.4) is 0 Å². The molecule has 34 heavy (non-hydrogen) atoms. The van der Waals surface area contributed by atoms with E-state index in [1.54, 1.807) is 22.9 Å². The van der Waals surface area contributed by atoms with Crippen molar-refractivity contribution in [2.45, 2.75) is 53.5 Å². The van der Waals surface area contributed by atoms with Crippen LogP contribution in [0.5, 0.6) is 5.75 Å². The van der Waals surface area contributed by atoms with Gasteiger partial charge in [0, 0.05) is 36.0 Å². The first-order valence-electron chi connectivity index (χ1n) is 11.4. The van der Waals surface area contributed by atoms with Gasteiger partial charge in [0.1, 0.15) is 23.8 Å². The smallest absolute Gasteiger partial charge is 0.323 e. The van der Waals surface area contributed by atoms with Crippen molar-refractivity contribution in [3.05, 3.63) is 51.8 Å². The number of carboxylic acid groups (broad SMARTS) is 1. The van der Waals surface area contributed by atoms with Crippen molar-refractivity contribution in [2.24, 2.45) is 0 Å². The standard InChI is InChI=1S/C26H34N4O4/c1-8-34-24-15(2)18-12-30(25(27)23(18)28-16(24)3)13-21(31)17-9-10-20(29(7)14-22(32)33)19(11-17)26(4,5)6/h9-11,27H,8,12-14H2,1-7H3,(H,32,33). The summed E-state index contributed by atoms with van der Waals surface area (Å²) in [6, 6.07) is 5.40. The number of carbonyl (C=O) groups excluding carboxylic acids is 1. The first-order chi connectivity index (χ1) is 15.8. The van der Waals surface area contributed by atoms with Crippen LogP contribution in [0.25, 0.3) is 0 Å². The molecule has 8 heteroatoms. The molecule has 0 unspecified atom stereocenters. The van der Waals surface area contributed by atoms with E-state index in [1.807, 2.05) is 53.7 Å².